The van der Waals surface area contributed by atoms with Gasteiger partial charge in [0.25, 0.3) is 0 Å². The Hall–Kier alpha value is -0.130. The highest BCUT2D eigenvalue weighted by Gasteiger charge is 2.27. The highest BCUT2D eigenvalue weighted by molar-refractivity contribution is 7.90. The van der Waals surface area contributed by atoms with Gasteiger partial charge in [-0.25, -0.2) is 8.42 Å². The Kier molecular flexibility index (Phi) is 7.48. The SMILES string of the molecule is CCCC1CNC(CC(C)C)CN1CCCS(C)(=O)=O. The Labute approximate surface area is 125 Å². The Morgan fingerprint density at radius 1 is 1.35 bits per heavy atom. The first kappa shape index (κ1) is 17.9. The fourth-order valence-corrected chi connectivity index (χ4v) is 3.73. The molecule has 1 aliphatic rings. The van der Waals surface area contributed by atoms with E-state index in [1.165, 1.54) is 25.5 Å². The van der Waals surface area contributed by atoms with Gasteiger partial charge in [0, 0.05) is 31.4 Å². The summed E-state index contributed by atoms with van der Waals surface area (Å²) in [5.74, 6) is 1.01. The third-order valence-corrected chi connectivity index (χ3v) is 4.98. The summed E-state index contributed by atoms with van der Waals surface area (Å²) in [5.41, 5.74) is 0. The quantitative estimate of drug-likeness (QED) is 0.744. The average molecular weight is 304 g/mol. The van der Waals surface area contributed by atoms with E-state index < -0.39 is 9.84 Å². The number of hydrogen-bond donors (Lipinski definition) is 1. The van der Waals surface area contributed by atoms with Crippen LogP contribution in [-0.4, -0.2) is 57.0 Å². The zero-order chi connectivity index (χ0) is 15.2. The molecule has 1 heterocycles. The van der Waals surface area contributed by atoms with E-state index in [1.54, 1.807) is 0 Å². The van der Waals surface area contributed by atoms with Gasteiger partial charge in [-0.2, -0.15) is 0 Å². The van der Waals surface area contributed by atoms with E-state index in [1.807, 2.05) is 0 Å². The van der Waals surface area contributed by atoms with Gasteiger partial charge in [-0.05, 0) is 31.7 Å². The van der Waals surface area contributed by atoms with Crippen LogP contribution in [0.5, 0.6) is 0 Å². The van der Waals surface area contributed by atoms with Gasteiger partial charge < -0.3 is 5.32 Å². The summed E-state index contributed by atoms with van der Waals surface area (Å²) >= 11 is 0. The molecule has 0 amide bonds. The summed E-state index contributed by atoms with van der Waals surface area (Å²) in [6.07, 6.45) is 5.66. The van der Waals surface area contributed by atoms with Crippen molar-refractivity contribution in [2.45, 2.75) is 58.5 Å². The van der Waals surface area contributed by atoms with Crippen LogP contribution in [0.1, 0.15) is 46.5 Å². The van der Waals surface area contributed by atoms with Crippen molar-refractivity contribution in [1.29, 1.82) is 0 Å². The minimum atomic E-state index is -2.83. The van der Waals surface area contributed by atoms with Crippen molar-refractivity contribution in [3.8, 4) is 0 Å². The monoisotopic (exact) mass is 304 g/mol. The van der Waals surface area contributed by atoms with Crippen LogP contribution >= 0.6 is 0 Å². The largest absolute Gasteiger partial charge is 0.311 e. The number of nitrogens with zero attached hydrogens (tertiary/aromatic N) is 1. The maximum absolute atomic E-state index is 11.3. The fraction of sp³-hybridized carbons (Fsp3) is 1.00. The van der Waals surface area contributed by atoms with Crippen LogP contribution in [0.2, 0.25) is 0 Å². The first-order valence-corrected chi connectivity index (χ1v) is 10.0. The predicted octanol–water partition coefficient (Wildman–Crippen LogP) is 1.91. The molecule has 0 aliphatic carbocycles. The summed E-state index contributed by atoms with van der Waals surface area (Å²) in [4.78, 5) is 2.51. The molecule has 0 spiro atoms. The van der Waals surface area contributed by atoms with Crippen LogP contribution in [-0.2, 0) is 9.84 Å². The molecule has 2 atom stereocenters. The molecule has 1 aliphatic heterocycles. The third kappa shape index (κ3) is 7.04. The van der Waals surface area contributed by atoms with Crippen LogP contribution in [0.25, 0.3) is 0 Å². The lowest BCUT2D eigenvalue weighted by molar-refractivity contribution is 0.115. The first-order valence-electron chi connectivity index (χ1n) is 7.97. The zero-order valence-electron chi connectivity index (χ0n) is 13.6. The molecule has 1 N–H and O–H groups in total. The van der Waals surface area contributed by atoms with E-state index in [0.717, 1.165) is 26.1 Å². The molecule has 0 aromatic rings. The van der Waals surface area contributed by atoms with E-state index in [2.05, 4.69) is 31.0 Å². The van der Waals surface area contributed by atoms with E-state index >= 15 is 0 Å². The van der Waals surface area contributed by atoms with Crippen LogP contribution < -0.4 is 5.32 Å². The topological polar surface area (TPSA) is 49.4 Å². The fourth-order valence-electron chi connectivity index (χ4n) is 3.08. The second kappa shape index (κ2) is 8.35. The lowest BCUT2D eigenvalue weighted by atomic mass is 9.98. The molecule has 1 rings (SSSR count). The number of rotatable bonds is 8. The van der Waals surface area contributed by atoms with Crippen molar-refractivity contribution < 1.29 is 8.42 Å². The van der Waals surface area contributed by atoms with Gasteiger partial charge in [0.1, 0.15) is 9.84 Å². The lowest BCUT2D eigenvalue weighted by Crippen LogP contribution is -2.56. The van der Waals surface area contributed by atoms with Crippen LogP contribution in [0.4, 0.5) is 0 Å². The Morgan fingerprint density at radius 3 is 2.60 bits per heavy atom. The minimum Gasteiger partial charge on any atom is -0.311 e. The van der Waals surface area contributed by atoms with Crippen molar-refractivity contribution in [3.05, 3.63) is 0 Å². The molecule has 0 saturated carbocycles. The van der Waals surface area contributed by atoms with Crippen LogP contribution in [0, 0.1) is 5.92 Å². The summed E-state index contributed by atoms with van der Waals surface area (Å²) in [6, 6.07) is 1.13. The standard InChI is InChI=1S/C15H32N2O2S/c1-5-7-15-11-16-14(10-13(2)3)12-17(15)8-6-9-20(4,18)19/h13-16H,5-12H2,1-4H3. The van der Waals surface area contributed by atoms with E-state index in [-0.39, 0.29) is 0 Å². The molecule has 4 nitrogen and oxygen atoms in total. The summed E-state index contributed by atoms with van der Waals surface area (Å²) in [5, 5.41) is 3.66. The van der Waals surface area contributed by atoms with E-state index in [9.17, 15) is 8.42 Å². The van der Waals surface area contributed by atoms with Crippen LogP contribution in [0.15, 0.2) is 0 Å². The van der Waals surface area contributed by atoms with Crippen LogP contribution in [0.3, 0.4) is 0 Å². The molecule has 2 unspecified atom stereocenters. The molecule has 0 bridgehead atoms. The van der Waals surface area contributed by atoms with Gasteiger partial charge in [0.2, 0.25) is 0 Å². The number of hydrogen-bond acceptors (Lipinski definition) is 4. The molecule has 1 fully saturated rings. The number of nitrogens with one attached hydrogen (secondary N) is 1. The minimum absolute atomic E-state index is 0.310. The predicted molar refractivity (Wildman–Crippen MR) is 85.8 cm³/mol. The van der Waals surface area contributed by atoms with Crippen molar-refractivity contribution >= 4 is 9.84 Å². The average Bonchev–Trinajstić information content (AvgIpc) is 2.30. The Balaban J connectivity index is 2.50. The molecule has 5 heteroatoms. The molecular weight excluding hydrogens is 272 g/mol. The van der Waals surface area contributed by atoms with Crippen molar-refractivity contribution in [2.24, 2.45) is 5.92 Å². The van der Waals surface area contributed by atoms with Crippen molar-refractivity contribution in [2.75, 3.05) is 31.6 Å². The third-order valence-electron chi connectivity index (χ3n) is 3.95. The second-order valence-electron chi connectivity index (χ2n) is 6.66. The Morgan fingerprint density at radius 2 is 2.05 bits per heavy atom. The Bertz CT molecular complexity index is 368. The summed E-state index contributed by atoms with van der Waals surface area (Å²) < 4.78 is 22.5. The van der Waals surface area contributed by atoms with E-state index in [0.29, 0.717) is 23.8 Å². The number of sulfone groups is 1. The summed E-state index contributed by atoms with van der Waals surface area (Å²) in [7, 11) is -2.83. The first-order chi connectivity index (χ1) is 9.31. The maximum Gasteiger partial charge on any atom is 0.147 e. The molecular formula is C15H32N2O2S. The molecule has 0 aromatic carbocycles. The van der Waals surface area contributed by atoms with Gasteiger partial charge in [-0.1, -0.05) is 27.2 Å². The highest BCUT2D eigenvalue weighted by atomic mass is 32.2. The van der Waals surface area contributed by atoms with E-state index in [4.69, 9.17) is 0 Å². The van der Waals surface area contributed by atoms with Crippen molar-refractivity contribution in [3.63, 3.8) is 0 Å². The molecule has 0 aromatic heterocycles. The smallest absolute Gasteiger partial charge is 0.147 e. The molecule has 1 saturated heterocycles. The van der Waals surface area contributed by atoms with Gasteiger partial charge >= 0.3 is 0 Å². The lowest BCUT2D eigenvalue weighted by Gasteiger charge is -2.41. The van der Waals surface area contributed by atoms with Gasteiger partial charge in [-0.3, -0.25) is 4.90 Å². The highest BCUT2D eigenvalue weighted by Crippen LogP contribution is 2.16. The zero-order valence-corrected chi connectivity index (χ0v) is 14.4. The normalized spacial score (nSPS) is 25.2. The number of piperazine rings is 1. The molecule has 0 radical (unpaired) electrons. The maximum atomic E-state index is 11.3. The molecule has 120 valence electrons. The van der Waals surface area contributed by atoms with Gasteiger partial charge in [-0.15, -0.1) is 0 Å². The second-order valence-corrected chi connectivity index (χ2v) is 8.92. The van der Waals surface area contributed by atoms with Gasteiger partial charge in [0.05, 0.1) is 5.75 Å². The summed E-state index contributed by atoms with van der Waals surface area (Å²) in [6.45, 7) is 9.75. The molecule has 20 heavy (non-hydrogen) atoms. The van der Waals surface area contributed by atoms with Gasteiger partial charge in [0.15, 0.2) is 0 Å². The van der Waals surface area contributed by atoms with Crippen molar-refractivity contribution in [1.82, 2.24) is 10.2 Å².